The number of ether oxygens (including phenoxy) is 1. The van der Waals surface area contributed by atoms with Crippen LogP contribution in [0.25, 0.3) is 0 Å². The van der Waals surface area contributed by atoms with Crippen LogP contribution in [0.5, 0.6) is 0 Å². The van der Waals surface area contributed by atoms with Gasteiger partial charge in [0, 0.05) is 5.54 Å². The van der Waals surface area contributed by atoms with E-state index in [1.807, 2.05) is 24.3 Å². The second-order valence-corrected chi connectivity index (χ2v) is 16.2. The van der Waals surface area contributed by atoms with Crippen molar-refractivity contribution in [2.24, 2.45) is 0 Å². The minimum atomic E-state index is -1.97. The van der Waals surface area contributed by atoms with Gasteiger partial charge in [0.1, 0.15) is 6.10 Å². The number of benzene rings is 1. The van der Waals surface area contributed by atoms with E-state index in [0.29, 0.717) is 0 Å². The highest BCUT2D eigenvalue weighted by atomic mass is 28.4. The van der Waals surface area contributed by atoms with Crippen molar-refractivity contribution in [3.05, 3.63) is 43.0 Å². The van der Waals surface area contributed by atoms with Crippen LogP contribution in [0.3, 0.4) is 0 Å². The number of carbonyl (C=O) groups is 1. The van der Waals surface area contributed by atoms with E-state index >= 15 is 0 Å². The largest absolute Gasteiger partial charge is 0.467 e. The zero-order valence-corrected chi connectivity index (χ0v) is 16.6. The van der Waals surface area contributed by atoms with Gasteiger partial charge in [-0.25, -0.2) is 4.79 Å². The second kappa shape index (κ2) is 7.39. The monoisotopic (exact) mass is 336 g/mol. The third-order valence-electron chi connectivity index (χ3n) is 3.85. The summed E-state index contributed by atoms with van der Waals surface area (Å²) in [6.07, 6.45) is 1.30. The van der Waals surface area contributed by atoms with Crippen molar-refractivity contribution in [3.63, 3.8) is 0 Å². The molecule has 0 saturated carbocycles. The Balaban J connectivity index is 3.23. The number of carbonyl (C=O) groups excluding carboxylic acids is 1. The van der Waals surface area contributed by atoms with Gasteiger partial charge in [-0.15, -0.1) is 6.58 Å². The van der Waals surface area contributed by atoms with Crippen LogP contribution in [0.15, 0.2) is 43.0 Å². The Morgan fingerprint density at radius 3 is 2.09 bits per heavy atom. The van der Waals surface area contributed by atoms with E-state index in [9.17, 15) is 4.79 Å². The van der Waals surface area contributed by atoms with Crippen molar-refractivity contribution in [1.29, 1.82) is 0 Å². The first kappa shape index (κ1) is 18.9. The Morgan fingerprint density at radius 1 is 1.14 bits per heavy atom. The lowest BCUT2D eigenvalue weighted by Crippen LogP contribution is -2.53. The summed E-state index contributed by atoms with van der Waals surface area (Å²) < 4.78 is 11.2. The summed E-state index contributed by atoms with van der Waals surface area (Å²) in [5.74, 6) is -0.302. The molecule has 0 aliphatic heterocycles. The fourth-order valence-corrected chi connectivity index (χ4v) is 6.75. The Hall–Kier alpha value is -1.18. The molecule has 0 fully saturated rings. The van der Waals surface area contributed by atoms with E-state index < -0.39 is 22.5 Å². The molecule has 3 nitrogen and oxygen atoms in total. The summed E-state index contributed by atoms with van der Waals surface area (Å²) in [6.45, 7) is 14.7. The van der Waals surface area contributed by atoms with Gasteiger partial charge in [0.15, 0.2) is 8.32 Å². The highest BCUT2D eigenvalue weighted by Gasteiger charge is 2.43. The molecule has 1 rings (SSSR count). The van der Waals surface area contributed by atoms with Crippen LogP contribution in [-0.2, 0) is 14.0 Å². The zero-order chi connectivity index (χ0) is 17.0. The third kappa shape index (κ3) is 4.66. The third-order valence-corrected chi connectivity index (χ3v) is 8.83. The van der Waals surface area contributed by atoms with Crippen LogP contribution >= 0.6 is 0 Å². The van der Waals surface area contributed by atoms with Crippen LogP contribution in [0.2, 0.25) is 38.3 Å². The molecule has 1 aromatic rings. The lowest BCUT2D eigenvalue weighted by Gasteiger charge is -2.37. The molecule has 0 saturated heterocycles. The smallest absolute Gasteiger partial charge is 0.334 e. The molecule has 22 heavy (non-hydrogen) atoms. The van der Waals surface area contributed by atoms with Gasteiger partial charge in [0.2, 0.25) is 0 Å². The van der Waals surface area contributed by atoms with E-state index in [1.54, 1.807) is 0 Å². The number of rotatable bonds is 7. The highest BCUT2D eigenvalue weighted by molar-refractivity contribution is 6.91. The normalized spacial score (nSPS) is 15.0. The maximum Gasteiger partial charge on any atom is 0.334 e. The first-order valence-electron chi connectivity index (χ1n) is 7.57. The van der Waals surface area contributed by atoms with Crippen LogP contribution in [0, 0.1) is 0 Å². The number of esters is 1. The molecule has 5 heteroatoms. The molecular weight excluding hydrogens is 308 g/mol. The van der Waals surface area contributed by atoms with Gasteiger partial charge in [-0.05, 0) is 19.6 Å². The van der Waals surface area contributed by atoms with Crippen molar-refractivity contribution in [1.82, 2.24) is 0 Å². The van der Waals surface area contributed by atoms with Crippen LogP contribution < -0.4 is 5.19 Å². The maximum atomic E-state index is 12.3. The summed E-state index contributed by atoms with van der Waals surface area (Å²) in [5.41, 5.74) is -0.0333. The molecule has 0 heterocycles. The molecule has 0 aromatic heterocycles. The van der Waals surface area contributed by atoms with Gasteiger partial charge in [0.05, 0.1) is 15.2 Å². The van der Waals surface area contributed by atoms with E-state index in [1.165, 1.54) is 12.3 Å². The molecule has 0 aliphatic rings. The first-order valence-corrected chi connectivity index (χ1v) is 14.1. The van der Waals surface area contributed by atoms with Crippen molar-refractivity contribution in [2.45, 2.75) is 44.4 Å². The molecular formula is C17H28O3Si2. The summed E-state index contributed by atoms with van der Waals surface area (Å²) in [4.78, 5) is 12.3. The topological polar surface area (TPSA) is 35.5 Å². The predicted molar refractivity (Wildman–Crippen MR) is 97.7 cm³/mol. The minimum absolute atomic E-state index is 0.0333. The van der Waals surface area contributed by atoms with Crippen molar-refractivity contribution in [2.75, 3.05) is 7.11 Å². The van der Waals surface area contributed by atoms with Gasteiger partial charge in [-0.3, -0.25) is 0 Å². The lowest BCUT2D eigenvalue weighted by atomic mass is 10.2. The van der Waals surface area contributed by atoms with E-state index in [0.717, 1.165) is 0 Å². The molecule has 2 atom stereocenters. The van der Waals surface area contributed by atoms with Gasteiger partial charge in [-0.1, -0.05) is 54.7 Å². The quantitative estimate of drug-likeness (QED) is 0.434. The van der Waals surface area contributed by atoms with Crippen LogP contribution in [0.4, 0.5) is 0 Å². The molecule has 0 amide bonds. The van der Waals surface area contributed by atoms with Crippen LogP contribution in [0.1, 0.15) is 0 Å². The van der Waals surface area contributed by atoms with Gasteiger partial charge in [-0.2, -0.15) is 0 Å². The average Bonchev–Trinajstić information content (AvgIpc) is 2.45. The maximum absolute atomic E-state index is 12.3. The average molecular weight is 337 g/mol. The number of methoxy groups -OCH3 is 1. The summed E-state index contributed by atoms with van der Waals surface area (Å²) >= 11 is 0. The minimum Gasteiger partial charge on any atom is -0.467 e. The molecule has 0 spiro atoms. The number of hydrogen-bond donors (Lipinski definition) is 0. The molecule has 122 valence electrons. The fourth-order valence-electron chi connectivity index (χ4n) is 2.62. The predicted octanol–water partition coefficient (Wildman–Crippen LogP) is 3.55. The molecule has 0 unspecified atom stereocenters. The Kier molecular flexibility index (Phi) is 6.34. The molecule has 0 radical (unpaired) electrons. The zero-order valence-electron chi connectivity index (χ0n) is 14.6. The molecule has 0 N–H and O–H groups in total. The van der Waals surface area contributed by atoms with Gasteiger partial charge < -0.3 is 9.16 Å². The first-order chi connectivity index (χ1) is 10.1. The summed E-state index contributed by atoms with van der Waals surface area (Å²) in [5, 5.41) is 1.29. The Morgan fingerprint density at radius 2 is 1.68 bits per heavy atom. The second-order valence-electron chi connectivity index (χ2n) is 7.02. The number of hydrogen-bond acceptors (Lipinski definition) is 3. The van der Waals surface area contributed by atoms with Crippen LogP contribution in [-0.4, -0.2) is 35.6 Å². The SMILES string of the molecule is C=C[C@@H]([C@@H](O[Si](C)(C)C)C(=O)OC)[Si](C)(C)c1ccccc1. The molecule has 1 aromatic carbocycles. The summed E-state index contributed by atoms with van der Waals surface area (Å²) in [6, 6.07) is 10.3. The Bertz CT molecular complexity index is 506. The van der Waals surface area contributed by atoms with E-state index in [4.69, 9.17) is 9.16 Å². The van der Waals surface area contributed by atoms with E-state index in [2.05, 4.69) is 51.4 Å². The Labute approximate surface area is 136 Å². The van der Waals surface area contributed by atoms with E-state index in [-0.39, 0.29) is 11.5 Å². The van der Waals surface area contributed by atoms with Crippen molar-refractivity contribution >= 4 is 27.5 Å². The van der Waals surface area contributed by atoms with Crippen molar-refractivity contribution in [3.8, 4) is 0 Å². The van der Waals surface area contributed by atoms with Gasteiger partial charge in [0.25, 0.3) is 0 Å². The summed E-state index contributed by atoms with van der Waals surface area (Å²) in [7, 11) is -2.44. The van der Waals surface area contributed by atoms with Crippen molar-refractivity contribution < 1.29 is 14.0 Å². The standard InChI is InChI=1S/C17H28O3Si2/c1-8-15(16(17(18)19-2)20-21(3,4)5)22(6,7)14-12-10-9-11-13-14/h8-13,15-16H,1H2,2-7H3/t15-,16+/m0/s1. The highest BCUT2D eigenvalue weighted by Crippen LogP contribution is 2.31. The molecule has 0 bridgehead atoms. The fraction of sp³-hybridized carbons (Fsp3) is 0.471. The molecule has 0 aliphatic carbocycles. The lowest BCUT2D eigenvalue weighted by molar-refractivity contribution is -0.149. The van der Waals surface area contributed by atoms with Gasteiger partial charge >= 0.3 is 5.97 Å².